The lowest BCUT2D eigenvalue weighted by Gasteiger charge is -2.31. The second-order valence-corrected chi connectivity index (χ2v) is 5.81. The standard InChI is InChI=1S/C13H28N2O/c1-11(2)10-15(8-7-14(3)4)12-5-6-13(16)9-12/h11-13,16H,5-10H2,1-4H3. The Morgan fingerprint density at radius 3 is 2.31 bits per heavy atom. The van der Waals surface area contributed by atoms with Gasteiger partial charge in [0.1, 0.15) is 0 Å². The Balaban J connectivity index is 2.42. The monoisotopic (exact) mass is 228 g/mol. The lowest BCUT2D eigenvalue weighted by atomic mass is 10.1. The fourth-order valence-corrected chi connectivity index (χ4v) is 2.49. The summed E-state index contributed by atoms with van der Waals surface area (Å²) < 4.78 is 0. The zero-order valence-corrected chi connectivity index (χ0v) is 11.3. The van der Waals surface area contributed by atoms with Crippen molar-refractivity contribution in [3.8, 4) is 0 Å². The number of aliphatic hydroxyl groups is 1. The normalized spacial score (nSPS) is 26.2. The number of likely N-dealkylation sites (N-methyl/N-ethyl adjacent to an activating group) is 1. The summed E-state index contributed by atoms with van der Waals surface area (Å²) in [7, 11) is 4.24. The van der Waals surface area contributed by atoms with Crippen molar-refractivity contribution in [1.29, 1.82) is 0 Å². The highest BCUT2D eigenvalue weighted by atomic mass is 16.3. The molecule has 0 radical (unpaired) electrons. The maximum absolute atomic E-state index is 9.62. The van der Waals surface area contributed by atoms with E-state index in [1.54, 1.807) is 0 Å². The van der Waals surface area contributed by atoms with Gasteiger partial charge in [0.15, 0.2) is 0 Å². The molecule has 0 aromatic carbocycles. The van der Waals surface area contributed by atoms with E-state index in [0.29, 0.717) is 12.0 Å². The molecule has 0 spiro atoms. The maximum Gasteiger partial charge on any atom is 0.0555 e. The third-order valence-electron chi connectivity index (χ3n) is 3.33. The first-order valence-electron chi connectivity index (χ1n) is 6.56. The van der Waals surface area contributed by atoms with Crippen LogP contribution in [0.1, 0.15) is 33.1 Å². The van der Waals surface area contributed by atoms with E-state index in [2.05, 4.69) is 37.7 Å². The number of nitrogens with zero attached hydrogens (tertiary/aromatic N) is 2. The first-order valence-corrected chi connectivity index (χ1v) is 6.56. The highest BCUT2D eigenvalue weighted by Crippen LogP contribution is 2.24. The molecule has 0 aromatic heterocycles. The molecule has 1 rings (SSSR count). The molecule has 96 valence electrons. The predicted octanol–water partition coefficient (Wildman–Crippen LogP) is 1.42. The molecule has 1 aliphatic rings. The zero-order valence-electron chi connectivity index (χ0n) is 11.3. The van der Waals surface area contributed by atoms with Crippen LogP contribution in [-0.4, -0.2) is 60.8 Å². The highest BCUT2D eigenvalue weighted by Gasteiger charge is 2.28. The third-order valence-corrected chi connectivity index (χ3v) is 3.33. The molecule has 0 bridgehead atoms. The second-order valence-electron chi connectivity index (χ2n) is 5.81. The maximum atomic E-state index is 9.62. The zero-order chi connectivity index (χ0) is 12.1. The molecular weight excluding hydrogens is 200 g/mol. The average Bonchev–Trinajstić information content (AvgIpc) is 2.58. The van der Waals surface area contributed by atoms with E-state index >= 15 is 0 Å². The van der Waals surface area contributed by atoms with Crippen molar-refractivity contribution in [2.45, 2.75) is 45.3 Å². The van der Waals surface area contributed by atoms with Crippen molar-refractivity contribution in [1.82, 2.24) is 9.80 Å². The van der Waals surface area contributed by atoms with Gasteiger partial charge in [0.05, 0.1) is 6.10 Å². The van der Waals surface area contributed by atoms with E-state index in [0.717, 1.165) is 32.5 Å². The van der Waals surface area contributed by atoms with Gasteiger partial charge >= 0.3 is 0 Å². The van der Waals surface area contributed by atoms with E-state index in [9.17, 15) is 5.11 Å². The lowest BCUT2D eigenvalue weighted by molar-refractivity contribution is 0.134. The topological polar surface area (TPSA) is 26.7 Å². The van der Waals surface area contributed by atoms with E-state index in [4.69, 9.17) is 0 Å². The minimum absolute atomic E-state index is 0.0565. The predicted molar refractivity (Wildman–Crippen MR) is 68.6 cm³/mol. The van der Waals surface area contributed by atoms with Crippen molar-refractivity contribution >= 4 is 0 Å². The summed E-state index contributed by atoms with van der Waals surface area (Å²) in [6, 6.07) is 0.609. The molecule has 1 aliphatic carbocycles. The fourth-order valence-electron chi connectivity index (χ4n) is 2.49. The molecule has 2 unspecified atom stereocenters. The lowest BCUT2D eigenvalue weighted by Crippen LogP contribution is -2.40. The molecule has 1 saturated carbocycles. The first kappa shape index (κ1) is 13.9. The van der Waals surface area contributed by atoms with Gasteiger partial charge in [-0.25, -0.2) is 0 Å². The van der Waals surface area contributed by atoms with Crippen molar-refractivity contribution in [3.63, 3.8) is 0 Å². The molecule has 3 heteroatoms. The van der Waals surface area contributed by atoms with Gasteiger partial charge < -0.3 is 10.0 Å². The molecule has 3 nitrogen and oxygen atoms in total. The molecule has 0 amide bonds. The number of aliphatic hydroxyl groups excluding tert-OH is 1. The quantitative estimate of drug-likeness (QED) is 0.745. The van der Waals surface area contributed by atoms with E-state index in [1.165, 1.54) is 6.42 Å². The number of hydrogen-bond donors (Lipinski definition) is 1. The summed E-state index contributed by atoms with van der Waals surface area (Å²) in [5.41, 5.74) is 0. The Bertz CT molecular complexity index is 194. The Hall–Kier alpha value is -0.120. The molecular formula is C13H28N2O. The van der Waals surface area contributed by atoms with Crippen LogP contribution in [0.2, 0.25) is 0 Å². The summed E-state index contributed by atoms with van der Waals surface area (Å²) >= 11 is 0. The van der Waals surface area contributed by atoms with Gasteiger partial charge in [-0.05, 0) is 39.3 Å². The molecule has 0 aromatic rings. The van der Waals surface area contributed by atoms with Gasteiger partial charge in [0.25, 0.3) is 0 Å². The first-order chi connectivity index (χ1) is 7.49. The van der Waals surface area contributed by atoms with E-state index in [-0.39, 0.29) is 6.10 Å². The smallest absolute Gasteiger partial charge is 0.0555 e. The van der Waals surface area contributed by atoms with Crippen molar-refractivity contribution in [2.75, 3.05) is 33.7 Å². The van der Waals surface area contributed by atoms with Gasteiger partial charge in [-0.15, -0.1) is 0 Å². The molecule has 2 atom stereocenters. The van der Waals surface area contributed by atoms with Gasteiger partial charge in [-0.1, -0.05) is 13.8 Å². The van der Waals surface area contributed by atoms with Crippen molar-refractivity contribution in [3.05, 3.63) is 0 Å². The summed E-state index contributed by atoms with van der Waals surface area (Å²) in [5.74, 6) is 0.708. The van der Waals surface area contributed by atoms with Gasteiger partial charge in [0, 0.05) is 25.7 Å². The molecule has 1 fully saturated rings. The third kappa shape index (κ3) is 4.81. The summed E-state index contributed by atoms with van der Waals surface area (Å²) in [6.45, 7) is 7.94. The van der Waals surface area contributed by atoms with Gasteiger partial charge in [-0.3, -0.25) is 4.90 Å². The molecule has 0 heterocycles. The van der Waals surface area contributed by atoms with Crippen LogP contribution in [0, 0.1) is 5.92 Å². The van der Waals surface area contributed by atoms with Crippen LogP contribution >= 0.6 is 0 Å². The van der Waals surface area contributed by atoms with Gasteiger partial charge in [0.2, 0.25) is 0 Å². The summed E-state index contributed by atoms with van der Waals surface area (Å²) in [6.07, 6.45) is 3.07. The van der Waals surface area contributed by atoms with E-state index < -0.39 is 0 Å². The molecule has 16 heavy (non-hydrogen) atoms. The van der Waals surface area contributed by atoms with Crippen LogP contribution in [0.25, 0.3) is 0 Å². The van der Waals surface area contributed by atoms with Crippen LogP contribution in [0.15, 0.2) is 0 Å². The second kappa shape index (κ2) is 6.58. The van der Waals surface area contributed by atoms with Crippen LogP contribution in [0.3, 0.4) is 0 Å². The Morgan fingerprint density at radius 2 is 1.88 bits per heavy atom. The minimum atomic E-state index is -0.0565. The Labute approximate surface area is 100 Å². The largest absolute Gasteiger partial charge is 0.393 e. The summed E-state index contributed by atoms with van der Waals surface area (Å²) in [4.78, 5) is 4.81. The molecule has 0 aliphatic heterocycles. The van der Waals surface area contributed by atoms with E-state index in [1.807, 2.05) is 0 Å². The Kier molecular flexibility index (Phi) is 5.73. The molecule has 1 N–H and O–H groups in total. The van der Waals surface area contributed by atoms with Crippen LogP contribution in [0.4, 0.5) is 0 Å². The average molecular weight is 228 g/mol. The summed E-state index contributed by atoms with van der Waals surface area (Å²) in [5, 5.41) is 9.62. The fraction of sp³-hybridized carbons (Fsp3) is 1.00. The van der Waals surface area contributed by atoms with Crippen LogP contribution in [-0.2, 0) is 0 Å². The van der Waals surface area contributed by atoms with Gasteiger partial charge in [-0.2, -0.15) is 0 Å². The highest BCUT2D eigenvalue weighted by molar-refractivity contribution is 4.83. The van der Waals surface area contributed by atoms with Crippen molar-refractivity contribution in [2.24, 2.45) is 5.92 Å². The number of rotatable bonds is 6. The number of hydrogen-bond acceptors (Lipinski definition) is 3. The van der Waals surface area contributed by atoms with Crippen LogP contribution in [0.5, 0.6) is 0 Å². The Morgan fingerprint density at radius 1 is 1.19 bits per heavy atom. The molecule has 0 saturated heterocycles. The van der Waals surface area contributed by atoms with Crippen molar-refractivity contribution < 1.29 is 5.11 Å². The SMILES string of the molecule is CC(C)CN(CCN(C)C)C1CCC(O)C1. The van der Waals surface area contributed by atoms with Crippen LogP contribution < -0.4 is 0 Å². The minimum Gasteiger partial charge on any atom is -0.393 e.